The van der Waals surface area contributed by atoms with Crippen molar-refractivity contribution in [3.05, 3.63) is 0 Å². The van der Waals surface area contributed by atoms with Crippen LogP contribution in [0, 0.1) is 0 Å². The highest BCUT2D eigenvalue weighted by molar-refractivity contribution is 5.87. The van der Waals surface area contributed by atoms with E-state index in [2.05, 4.69) is 10.3 Å². The van der Waals surface area contributed by atoms with E-state index < -0.39 is 11.2 Å². The zero-order chi connectivity index (χ0) is 16.1. The summed E-state index contributed by atoms with van der Waals surface area (Å²) in [4.78, 5) is 18.0. The lowest BCUT2D eigenvalue weighted by Crippen LogP contribution is -2.50. The van der Waals surface area contributed by atoms with Gasteiger partial charge < -0.3 is 15.2 Å². The Hall–Kier alpha value is -1.30. The van der Waals surface area contributed by atoms with Crippen LogP contribution in [0.1, 0.15) is 47.5 Å². The van der Waals surface area contributed by atoms with E-state index in [1.165, 1.54) is 0 Å². The summed E-state index contributed by atoms with van der Waals surface area (Å²) in [5.74, 6) is 0.725. The number of hydrogen-bond donors (Lipinski definition) is 2. The van der Waals surface area contributed by atoms with Crippen LogP contribution in [-0.2, 0) is 4.74 Å². The Kier molecular flexibility index (Phi) is 6.01. The molecule has 1 aliphatic heterocycles. The van der Waals surface area contributed by atoms with Crippen molar-refractivity contribution in [2.75, 3.05) is 26.2 Å². The molecule has 0 aromatic heterocycles. The molecule has 1 heterocycles. The second-order valence-corrected chi connectivity index (χ2v) is 6.83. The Morgan fingerprint density at radius 1 is 1.43 bits per heavy atom. The van der Waals surface area contributed by atoms with E-state index in [0.29, 0.717) is 26.2 Å². The van der Waals surface area contributed by atoms with Gasteiger partial charge in [-0.05, 0) is 34.1 Å². The van der Waals surface area contributed by atoms with Crippen molar-refractivity contribution in [3.63, 3.8) is 0 Å². The fourth-order valence-electron chi connectivity index (χ4n) is 2.13. The summed E-state index contributed by atoms with van der Waals surface area (Å²) < 4.78 is 5.36. The van der Waals surface area contributed by atoms with Crippen molar-refractivity contribution in [1.29, 1.82) is 0 Å². The van der Waals surface area contributed by atoms with Crippen LogP contribution in [0.2, 0.25) is 0 Å². The lowest BCUT2D eigenvalue weighted by Gasteiger charge is -2.31. The summed E-state index contributed by atoms with van der Waals surface area (Å²) in [7, 11) is 0. The first-order valence-electron chi connectivity index (χ1n) is 7.60. The number of hydrogen-bond acceptors (Lipinski definition) is 5. The Labute approximate surface area is 127 Å². The number of rotatable bonds is 4. The third-order valence-corrected chi connectivity index (χ3v) is 3.13. The van der Waals surface area contributed by atoms with E-state index >= 15 is 0 Å². The van der Waals surface area contributed by atoms with Crippen LogP contribution < -0.4 is 5.32 Å². The average molecular weight is 299 g/mol. The van der Waals surface area contributed by atoms with Gasteiger partial charge in [0.15, 0.2) is 0 Å². The minimum atomic E-state index is -0.758. The van der Waals surface area contributed by atoms with Gasteiger partial charge in [0.1, 0.15) is 11.4 Å². The molecule has 0 fully saturated rings. The van der Waals surface area contributed by atoms with Gasteiger partial charge in [-0.25, -0.2) is 4.79 Å². The lowest BCUT2D eigenvalue weighted by atomic mass is 10.0. The highest BCUT2D eigenvalue weighted by atomic mass is 16.6. The summed E-state index contributed by atoms with van der Waals surface area (Å²) in [5, 5.41) is 13.3. The second kappa shape index (κ2) is 7.11. The van der Waals surface area contributed by atoms with Crippen LogP contribution >= 0.6 is 0 Å². The summed E-state index contributed by atoms with van der Waals surface area (Å²) in [6.07, 6.45) is 1.32. The van der Waals surface area contributed by atoms with E-state index in [9.17, 15) is 9.90 Å². The Morgan fingerprint density at radius 3 is 2.67 bits per heavy atom. The highest BCUT2D eigenvalue weighted by Crippen LogP contribution is 2.12. The topological polar surface area (TPSA) is 74.2 Å². The highest BCUT2D eigenvalue weighted by Gasteiger charge is 2.26. The van der Waals surface area contributed by atoms with Crippen molar-refractivity contribution < 1.29 is 14.6 Å². The van der Waals surface area contributed by atoms with E-state index in [4.69, 9.17) is 4.74 Å². The van der Waals surface area contributed by atoms with Crippen molar-refractivity contribution in [2.45, 2.75) is 58.7 Å². The standard InChI is InChI=1S/C15H29N3O3/c1-6-7-15(5,20)11-17-12-10-18(9-8-16-12)13(19)21-14(2,3)4/h20H,6-11H2,1-5H3,(H,16,17). The summed E-state index contributed by atoms with van der Waals surface area (Å²) in [6, 6.07) is 0. The molecule has 0 spiro atoms. The molecule has 1 amide bonds. The predicted octanol–water partition coefficient (Wildman–Crippen LogP) is 1.78. The van der Waals surface area contributed by atoms with Gasteiger partial charge in [-0.3, -0.25) is 9.89 Å². The number of amidine groups is 1. The molecule has 0 aromatic rings. The molecule has 0 bridgehead atoms. The number of amides is 1. The molecule has 2 N–H and O–H groups in total. The molecule has 6 nitrogen and oxygen atoms in total. The second-order valence-electron chi connectivity index (χ2n) is 6.83. The van der Waals surface area contributed by atoms with Crippen LogP contribution in [0.25, 0.3) is 0 Å². The van der Waals surface area contributed by atoms with Crippen LogP contribution in [0.3, 0.4) is 0 Å². The van der Waals surface area contributed by atoms with Gasteiger partial charge in [-0.15, -0.1) is 0 Å². The molecule has 0 saturated carbocycles. The van der Waals surface area contributed by atoms with Crippen molar-refractivity contribution in [2.24, 2.45) is 4.99 Å². The average Bonchev–Trinajstić information content (AvgIpc) is 2.35. The number of aliphatic imine (C=N–C) groups is 1. The maximum atomic E-state index is 12.0. The molecular formula is C15H29N3O3. The number of ether oxygens (including phenoxy) is 1. The third-order valence-electron chi connectivity index (χ3n) is 3.13. The summed E-state index contributed by atoms with van der Waals surface area (Å²) >= 11 is 0. The Bertz CT molecular complexity index is 386. The SMILES string of the molecule is CCCC(C)(O)CNC1=NCCN(C(=O)OC(C)(C)C)C1. The van der Waals surface area contributed by atoms with Gasteiger partial charge in [0.05, 0.1) is 18.7 Å². The van der Waals surface area contributed by atoms with Crippen LogP contribution in [0.4, 0.5) is 4.79 Å². The molecule has 0 radical (unpaired) electrons. The molecule has 1 atom stereocenters. The van der Waals surface area contributed by atoms with Gasteiger partial charge >= 0.3 is 6.09 Å². The first-order chi connectivity index (χ1) is 9.63. The van der Waals surface area contributed by atoms with Gasteiger partial charge in [0, 0.05) is 13.1 Å². The normalized spacial score (nSPS) is 18.8. The zero-order valence-corrected chi connectivity index (χ0v) is 13.9. The molecular weight excluding hydrogens is 270 g/mol. The number of nitrogens with zero attached hydrogens (tertiary/aromatic N) is 2. The molecule has 21 heavy (non-hydrogen) atoms. The van der Waals surface area contributed by atoms with Crippen molar-refractivity contribution in [1.82, 2.24) is 10.2 Å². The van der Waals surface area contributed by atoms with Crippen LogP contribution in [0.5, 0.6) is 0 Å². The zero-order valence-electron chi connectivity index (χ0n) is 13.9. The number of nitrogens with one attached hydrogen (secondary N) is 1. The minimum absolute atomic E-state index is 0.322. The summed E-state index contributed by atoms with van der Waals surface area (Å²) in [6.45, 7) is 11.3. The molecule has 122 valence electrons. The van der Waals surface area contributed by atoms with E-state index in [1.54, 1.807) is 11.8 Å². The van der Waals surface area contributed by atoms with Gasteiger partial charge in [-0.2, -0.15) is 0 Å². The smallest absolute Gasteiger partial charge is 0.410 e. The molecule has 1 unspecified atom stereocenters. The quantitative estimate of drug-likeness (QED) is 0.830. The van der Waals surface area contributed by atoms with Crippen molar-refractivity contribution >= 4 is 11.9 Å². The van der Waals surface area contributed by atoms with E-state index in [0.717, 1.165) is 18.7 Å². The molecule has 1 rings (SSSR count). The maximum absolute atomic E-state index is 12.0. The molecule has 0 saturated heterocycles. The monoisotopic (exact) mass is 299 g/mol. The predicted molar refractivity (Wildman–Crippen MR) is 83.6 cm³/mol. The third kappa shape index (κ3) is 6.80. The minimum Gasteiger partial charge on any atom is -0.444 e. The first-order valence-corrected chi connectivity index (χ1v) is 7.60. The van der Waals surface area contributed by atoms with Gasteiger partial charge in [-0.1, -0.05) is 13.3 Å². The molecule has 0 aliphatic carbocycles. The van der Waals surface area contributed by atoms with Crippen LogP contribution in [0.15, 0.2) is 4.99 Å². The number of carbonyl (C=O) groups is 1. The Morgan fingerprint density at radius 2 is 2.10 bits per heavy atom. The fourth-order valence-corrected chi connectivity index (χ4v) is 2.13. The number of aliphatic hydroxyl groups is 1. The van der Waals surface area contributed by atoms with Crippen molar-refractivity contribution in [3.8, 4) is 0 Å². The largest absolute Gasteiger partial charge is 0.444 e. The molecule has 1 aliphatic rings. The first kappa shape index (κ1) is 17.8. The Balaban J connectivity index is 2.49. The molecule has 6 heteroatoms. The van der Waals surface area contributed by atoms with Gasteiger partial charge in [0.25, 0.3) is 0 Å². The van der Waals surface area contributed by atoms with Gasteiger partial charge in [0.2, 0.25) is 0 Å². The lowest BCUT2D eigenvalue weighted by molar-refractivity contribution is 0.0274. The molecule has 0 aromatic carbocycles. The number of carbonyl (C=O) groups excluding carboxylic acids is 1. The van der Waals surface area contributed by atoms with E-state index in [1.807, 2.05) is 27.7 Å². The maximum Gasteiger partial charge on any atom is 0.410 e. The van der Waals surface area contributed by atoms with E-state index in [-0.39, 0.29) is 6.09 Å². The van der Waals surface area contributed by atoms with Crippen LogP contribution in [-0.4, -0.2) is 59.3 Å². The summed E-state index contributed by atoms with van der Waals surface area (Å²) in [5.41, 5.74) is -1.25. The fraction of sp³-hybridized carbons (Fsp3) is 0.867.